The van der Waals surface area contributed by atoms with Crippen LogP contribution in [0.2, 0.25) is 0 Å². The number of aromatic nitrogens is 1. The van der Waals surface area contributed by atoms with Crippen LogP contribution in [-0.2, 0) is 17.6 Å². The second-order valence-electron chi connectivity index (χ2n) is 4.48. The van der Waals surface area contributed by atoms with Gasteiger partial charge in [0.2, 0.25) is 0 Å². The molecule has 0 aromatic carbocycles. The first kappa shape index (κ1) is 12.1. The number of hydrogen-bond acceptors (Lipinski definition) is 4. The molecule has 2 heterocycles. The van der Waals surface area contributed by atoms with Crippen LogP contribution in [0.15, 0.2) is 10.7 Å². The van der Waals surface area contributed by atoms with Gasteiger partial charge in [-0.05, 0) is 19.4 Å². The topological polar surface area (TPSA) is 75.4 Å². The number of rotatable bonds is 5. The van der Waals surface area contributed by atoms with Crippen LogP contribution in [0, 0.1) is 0 Å². The third-order valence-electron chi connectivity index (χ3n) is 3.03. The van der Waals surface area contributed by atoms with Gasteiger partial charge in [0.05, 0.1) is 12.1 Å². The summed E-state index contributed by atoms with van der Waals surface area (Å²) < 4.78 is 5.36. The van der Waals surface area contributed by atoms with Crippen molar-refractivity contribution in [2.24, 2.45) is 0 Å². The van der Waals surface area contributed by atoms with Crippen molar-refractivity contribution in [1.29, 1.82) is 0 Å². The van der Waals surface area contributed by atoms with Gasteiger partial charge in [0.15, 0.2) is 5.89 Å². The molecule has 17 heavy (non-hydrogen) atoms. The maximum absolute atomic E-state index is 10.4. The molecule has 1 fully saturated rings. The number of carbonyl (C=O) groups is 1. The van der Waals surface area contributed by atoms with E-state index in [1.165, 1.54) is 12.8 Å². The lowest BCUT2D eigenvalue weighted by molar-refractivity contribution is -0.136. The summed E-state index contributed by atoms with van der Waals surface area (Å²) in [6, 6.07) is 0.453. The summed E-state index contributed by atoms with van der Waals surface area (Å²) in [5, 5.41) is 12.0. The lowest BCUT2D eigenvalue weighted by Gasteiger charge is -2.21. The Kier molecular flexibility index (Phi) is 4.14. The molecule has 94 valence electrons. The van der Waals surface area contributed by atoms with E-state index < -0.39 is 5.97 Å². The van der Waals surface area contributed by atoms with Crippen molar-refractivity contribution in [2.45, 2.75) is 44.6 Å². The van der Waals surface area contributed by atoms with E-state index >= 15 is 0 Å². The highest BCUT2D eigenvalue weighted by molar-refractivity contribution is 5.66. The normalized spacial score (nSPS) is 20.4. The Bertz CT molecular complexity index is 370. The average Bonchev–Trinajstić information content (AvgIpc) is 2.75. The van der Waals surface area contributed by atoms with Crippen molar-refractivity contribution < 1.29 is 14.3 Å². The number of aryl methyl sites for hydroxylation is 1. The van der Waals surface area contributed by atoms with Gasteiger partial charge in [-0.15, -0.1) is 0 Å². The van der Waals surface area contributed by atoms with Crippen LogP contribution in [0.1, 0.15) is 37.3 Å². The van der Waals surface area contributed by atoms with E-state index in [0.29, 0.717) is 18.4 Å². The zero-order valence-electron chi connectivity index (χ0n) is 9.82. The lowest BCUT2D eigenvalue weighted by Crippen LogP contribution is -2.35. The zero-order chi connectivity index (χ0) is 12.1. The molecule has 0 bridgehead atoms. The van der Waals surface area contributed by atoms with E-state index in [0.717, 1.165) is 25.1 Å². The zero-order valence-corrected chi connectivity index (χ0v) is 9.82. The summed E-state index contributed by atoms with van der Waals surface area (Å²) in [6.45, 7) is 1.07. The number of oxazole rings is 1. The lowest BCUT2D eigenvalue weighted by atomic mass is 10.0. The number of nitrogens with zero attached hydrogens (tertiary/aromatic N) is 1. The summed E-state index contributed by atoms with van der Waals surface area (Å²) in [7, 11) is 0. The van der Waals surface area contributed by atoms with Crippen LogP contribution in [0.3, 0.4) is 0 Å². The molecule has 1 aromatic rings. The number of hydrogen-bond donors (Lipinski definition) is 2. The van der Waals surface area contributed by atoms with Gasteiger partial charge < -0.3 is 14.8 Å². The van der Waals surface area contributed by atoms with E-state index in [1.807, 2.05) is 0 Å². The van der Waals surface area contributed by atoms with Crippen molar-refractivity contribution in [3.05, 3.63) is 17.8 Å². The van der Waals surface area contributed by atoms with Crippen LogP contribution >= 0.6 is 0 Å². The molecular formula is C12H18N2O3. The standard InChI is InChI=1S/C12H18N2O3/c15-12(16)5-4-10-8-17-11(14-10)7-9-3-1-2-6-13-9/h8-9,13H,1-7H2,(H,15,16). The van der Waals surface area contributed by atoms with Crippen molar-refractivity contribution >= 4 is 5.97 Å². The summed E-state index contributed by atoms with van der Waals surface area (Å²) in [5.41, 5.74) is 0.734. The number of aliphatic carboxylic acids is 1. The van der Waals surface area contributed by atoms with E-state index in [1.54, 1.807) is 6.26 Å². The fraction of sp³-hybridized carbons (Fsp3) is 0.667. The maximum Gasteiger partial charge on any atom is 0.303 e. The second kappa shape index (κ2) is 5.82. The first-order valence-corrected chi connectivity index (χ1v) is 6.12. The Balaban J connectivity index is 1.82. The predicted octanol–water partition coefficient (Wildman–Crippen LogP) is 1.38. The first-order chi connectivity index (χ1) is 8.24. The molecule has 5 heteroatoms. The third-order valence-corrected chi connectivity index (χ3v) is 3.03. The number of carboxylic acids is 1. The predicted molar refractivity (Wildman–Crippen MR) is 61.8 cm³/mol. The summed E-state index contributed by atoms with van der Waals surface area (Å²) in [5.74, 6) is -0.0896. The van der Waals surface area contributed by atoms with Gasteiger partial charge in [-0.1, -0.05) is 6.42 Å². The van der Waals surface area contributed by atoms with Crippen LogP contribution in [0.4, 0.5) is 0 Å². The number of piperidine rings is 1. The quantitative estimate of drug-likeness (QED) is 0.810. The Hall–Kier alpha value is -1.36. The minimum atomic E-state index is -0.802. The summed E-state index contributed by atoms with van der Waals surface area (Å²) in [4.78, 5) is 14.7. The van der Waals surface area contributed by atoms with Crippen LogP contribution in [-0.4, -0.2) is 28.6 Å². The number of nitrogens with one attached hydrogen (secondary N) is 1. The van der Waals surface area contributed by atoms with Crippen molar-refractivity contribution in [1.82, 2.24) is 10.3 Å². The molecule has 0 spiro atoms. The largest absolute Gasteiger partial charge is 0.481 e. The molecule has 1 aliphatic rings. The molecule has 2 N–H and O–H groups in total. The van der Waals surface area contributed by atoms with Crippen molar-refractivity contribution in [2.75, 3.05) is 6.54 Å². The maximum atomic E-state index is 10.4. The van der Waals surface area contributed by atoms with Crippen LogP contribution in [0.5, 0.6) is 0 Å². The average molecular weight is 238 g/mol. The fourth-order valence-electron chi connectivity index (χ4n) is 2.10. The van der Waals surface area contributed by atoms with Gasteiger partial charge in [0, 0.05) is 18.9 Å². The molecule has 1 saturated heterocycles. The monoisotopic (exact) mass is 238 g/mol. The molecule has 0 aliphatic carbocycles. The van der Waals surface area contributed by atoms with Crippen LogP contribution in [0.25, 0.3) is 0 Å². The Morgan fingerprint density at radius 2 is 2.47 bits per heavy atom. The summed E-state index contributed by atoms with van der Waals surface area (Å²) in [6.07, 6.45) is 6.57. The first-order valence-electron chi connectivity index (χ1n) is 6.12. The second-order valence-corrected chi connectivity index (χ2v) is 4.48. The Labute approximate surface area is 100 Å². The van der Waals surface area contributed by atoms with E-state index in [4.69, 9.17) is 9.52 Å². The van der Waals surface area contributed by atoms with Crippen molar-refractivity contribution in [3.63, 3.8) is 0 Å². The van der Waals surface area contributed by atoms with Gasteiger partial charge in [0.1, 0.15) is 6.26 Å². The SMILES string of the molecule is O=C(O)CCc1coc(CC2CCCCN2)n1. The molecule has 1 aromatic heterocycles. The minimum Gasteiger partial charge on any atom is -0.481 e. The molecule has 2 rings (SSSR count). The minimum absolute atomic E-state index is 0.105. The molecule has 1 aliphatic heterocycles. The smallest absolute Gasteiger partial charge is 0.303 e. The third kappa shape index (κ3) is 3.85. The van der Waals surface area contributed by atoms with E-state index in [9.17, 15) is 4.79 Å². The molecule has 1 unspecified atom stereocenters. The van der Waals surface area contributed by atoms with Crippen LogP contribution < -0.4 is 5.32 Å². The molecule has 0 saturated carbocycles. The highest BCUT2D eigenvalue weighted by atomic mass is 16.4. The van der Waals surface area contributed by atoms with E-state index in [2.05, 4.69) is 10.3 Å². The molecule has 5 nitrogen and oxygen atoms in total. The highest BCUT2D eigenvalue weighted by Crippen LogP contribution is 2.13. The van der Waals surface area contributed by atoms with Gasteiger partial charge in [-0.25, -0.2) is 4.98 Å². The fourth-order valence-corrected chi connectivity index (χ4v) is 2.10. The molecule has 1 atom stereocenters. The Morgan fingerprint density at radius 1 is 1.59 bits per heavy atom. The van der Waals surface area contributed by atoms with E-state index in [-0.39, 0.29) is 6.42 Å². The van der Waals surface area contributed by atoms with Gasteiger partial charge in [-0.2, -0.15) is 0 Å². The molecular weight excluding hydrogens is 220 g/mol. The van der Waals surface area contributed by atoms with Crippen molar-refractivity contribution in [3.8, 4) is 0 Å². The van der Waals surface area contributed by atoms with Gasteiger partial charge >= 0.3 is 5.97 Å². The number of carboxylic acid groups (broad SMARTS) is 1. The molecule has 0 amide bonds. The summed E-state index contributed by atoms with van der Waals surface area (Å²) >= 11 is 0. The van der Waals surface area contributed by atoms with Gasteiger partial charge in [-0.3, -0.25) is 4.79 Å². The van der Waals surface area contributed by atoms with Gasteiger partial charge in [0.25, 0.3) is 0 Å². The Morgan fingerprint density at radius 3 is 3.18 bits per heavy atom. The highest BCUT2D eigenvalue weighted by Gasteiger charge is 2.16. The molecule has 0 radical (unpaired) electrons.